The predicted molar refractivity (Wildman–Crippen MR) is 186 cm³/mol. The number of carbonyl (C=O) groups is 2. The van der Waals surface area contributed by atoms with Gasteiger partial charge in [0.05, 0.1) is 30.7 Å². The van der Waals surface area contributed by atoms with Crippen LogP contribution >= 0.6 is 46.4 Å². The molecule has 0 aromatic heterocycles. The molecule has 0 spiro atoms. The number of carbonyl (C=O) groups excluding carboxylic acids is 2. The summed E-state index contributed by atoms with van der Waals surface area (Å²) in [7, 11) is -4.29. The summed E-state index contributed by atoms with van der Waals surface area (Å²) in [6.45, 7) is 4.81. The summed E-state index contributed by atoms with van der Waals surface area (Å²) in [5.74, 6) is -1.04. The molecule has 4 aromatic rings. The number of anilines is 1. The van der Waals surface area contributed by atoms with Crippen molar-refractivity contribution >= 4 is 73.9 Å². The first-order chi connectivity index (χ1) is 21.7. The molecule has 0 saturated heterocycles. The molecule has 1 N–H and O–H groups in total. The largest absolute Gasteiger partial charge is 0.350 e. The lowest BCUT2D eigenvalue weighted by Gasteiger charge is -2.35. The molecule has 4 aromatic carbocycles. The number of hydrogen-bond donors (Lipinski definition) is 1. The predicted octanol–water partition coefficient (Wildman–Crippen LogP) is 8.05. The summed E-state index contributed by atoms with van der Waals surface area (Å²) in [6.07, 6.45) is 0.161. The zero-order chi connectivity index (χ0) is 33.6. The number of sulfonamides is 1. The van der Waals surface area contributed by atoms with Crippen LogP contribution < -0.4 is 9.62 Å². The van der Waals surface area contributed by atoms with Crippen molar-refractivity contribution in [1.29, 1.82) is 0 Å². The summed E-state index contributed by atoms with van der Waals surface area (Å²) < 4.78 is 29.1. The van der Waals surface area contributed by atoms with Gasteiger partial charge in [0.1, 0.15) is 12.6 Å². The van der Waals surface area contributed by atoms with E-state index in [1.54, 1.807) is 36.4 Å². The van der Waals surface area contributed by atoms with Crippen LogP contribution in [-0.4, -0.2) is 43.3 Å². The van der Waals surface area contributed by atoms with Gasteiger partial charge in [0.25, 0.3) is 10.0 Å². The Balaban J connectivity index is 1.84. The Bertz CT molecular complexity index is 1800. The van der Waals surface area contributed by atoms with E-state index in [0.29, 0.717) is 10.6 Å². The highest BCUT2D eigenvalue weighted by Crippen LogP contribution is 2.31. The van der Waals surface area contributed by atoms with Crippen molar-refractivity contribution in [3.8, 4) is 0 Å². The zero-order valence-corrected chi connectivity index (χ0v) is 29.2. The molecule has 242 valence electrons. The van der Waals surface area contributed by atoms with Crippen LogP contribution in [0.1, 0.15) is 31.9 Å². The van der Waals surface area contributed by atoms with Crippen molar-refractivity contribution in [2.24, 2.45) is 0 Å². The third-order valence-corrected chi connectivity index (χ3v) is 10.2. The number of nitrogens with one attached hydrogen (secondary N) is 1. The Labute approximate surface area is 290 Å². The molecule has 46 heavy (non-hydrogen) atoms. The number of amides is 2. The Morgan fingerprint density at radius 2 is 1.30 bits per heavy atom. The minimum Gasteiger partial charge on any atom is -0.350 e. The summed E-state index contributed by atoms with van der Waals surface area (Å²) in [5, 5.41) is 3.92. The van der Waals surface area contributed by atoms with E-state index in [0.717, 1.165) is 9.87 Å². The second-order valence-electron chi connectivity index (χ2n) is 11.6. The fraction of sp³-hybridized carbons (Fsp3) is 0.235. The van der Waals surface area contributed by atoms with E-state index in [1.807, 2.05) is 51.1 Å². The molecule has 0 fully saturated rings. The lowest BCUT2D eigenvalue weighted by atomic mass is 10.0. The van der Waals surface area contributed by atoms with Crippen LogP contribution in [0.3, 0.4) is 0 Å². The molecule has 0 aliphatic carbocycles. The van der Waals surface area contributed by atoms with Crippen LogP contribution in [0.2, 0.25) is 20.1 Å². The molecule has 0 aliphatic rings. The summed E-state index contributed by atoms with van der Waals surface area (Å²) in [4.78, 5) is 29.8. The quantitative estimate of drug-likeness (QED) is 0.170. The fourth-order valence-corrected chi connectivity index (χ4v) is 6.77. The van der Waals surface area contributed by atoms with Gasteiger partial charge in [-0.1, -0.05) is 101 Å². The average Bonchev–Trinajstić information content (AvgIpc) is 3.00. The maximum absolute atomic E-state index is 14.5. The highest BCUT2D eigenvalue weighted by molar-refractivity contribution is 7.92. The molecule has 0 saturated carbocycles. The van der Waals surface area contributed by atoms with Crippen LogP contribution in [0.4, 0.5) is 5.69 Å². The van der Waals surface area contributed by atoms with Gasteiger partial charge in [0.2, 0.25) is 11.8 Å². The lowest BCUT2D eigenvalue weighted by molar-refractivity contribution is -0.140. The van der Waals surface area contributed by atoms with Crippen molar-refractivity contribution < 1.29 is 18.0 Å². The van der Waals surface area contributed by atoms with E-state index in [-0.39, 0.29) is 38.6 Å². The van der Waals surface area contributed by atoms with E-state index in [1.165, 1.54) is 35.2 Å². The average molecular weight is 722 g/mol. The normalized spacial score (nSPS) is 12.3. The molecule has 4 rings (SSSR count). The molecule has 1 unspecified atom stereocenters. The fourth-order valence-electron chi connectivity index (χ4n) is 4.73. The van der Waals surface area contributed by atoms with Gasteiger partial charge in [0.15, 0.2) is 0 Å². The molecule has 0 bridgehead atoms. The molecule has 12 heteroatoms. The van der Waals surface area contributed by atoms with E-state index in [4.69, 9.17) is 46.4 Å². The number of nitrogens with zero attached hydrogens (tertiary/aromatic N) is 2. The van der Waals surface area contributed by atoms with E-state index >= 15 is 0 Å². The van der Waals surface area contributed by atoms with Gasteiger partial charge >= 0.3 is 0 Å². The number of hydrogen-bond acceptors (Lipinski definition) is 4. The maximum atomic E-state index is 14.5. The maximum Gasteiger partial charge on any atom is 0.264 e. The van der Waals surface area contributed by atoms with Crippen molar-refractivity contribution in [2.45, 2.75) is 50.2 Å². The van der Waals surface area contributed by atoms with Gasteiger partial charge in [-0.3, -0.25) is 13.9 Å². The molecule has 0 radical (unpaired) electrons. The van der Waals surface area contributed by atoms with Crippen molar-refractivity contribution in [2.75, 3.05) is 10.8 Å². The third-order valence-electron chi connectivity index (χ3n) is 6.91. The highest BCUT2D eigenvalue weighted by atomic mass is 35.5. The third kappa shape index (κ3) is 9.17. The van der Waals surface area contributed by atoms with Crippen LogP contribution in [0, 0.1) is 0 Å². The first-order valence-electron chi connectivity index (χ1n) is 14.3. The SMILES string of the molecule is CC(C)(C)NC(=O)C(Cc1ccccc1)N(Cc1ccc(Cl)c(Cl)c1)C(=O)CN(c1ccc(Cl)c(Cl)c1)S(=O)(=O)c1ccccc1. The van der Waals surface area contributed by atoms with Gasteiger partial charge in [-0.2, -0.15) is 0 Å². The van der Waals surface area contributed by atoms with Gasteiger partial charge in [-0.05, 0) is 74.4 Å². The minimum atomic E-state index is -4.29. The van der Waals surface area contributed by atoms with Gasteiger partial charge in [-0.15, -0.1) is 0 Å². The number of halogens is 4. The van der Waals surface area contributed by atoms with Crippen LogP contribution in [-0.2, 0) is 32.6 Å². The van der Waals surface area contributed by atoms with Crippen molar-refractivity contribution in [3.63, 3.8) is 0 Å². The second-order valence-corrected chi connectivity index (χ2v) is 15.1. The lowest BCUT2D eigenvalue weighted by Crippen LogP contribution is -2.56. The smallest absolute Gasteiger partial charge is 0.264 e. The van der Waals surface area contributed by atoms with Gasteiger partial charge in [0, 0.05) is 18.5 Å². The first-order valence-corrected chi connectivity index (χ1v) is 17.2. The standard InChI is InChI=1S/C34H33Cl4N3O4S/c1-34(2,3)39-33(43)31(19-23-10-6-4-7-11-23)40(21-24-14-16-27(35)29(37)18-24)32(42)22-41(25-15-17-28(36)30(38)20-25)46(44,45)26-12-8-5-9-13-26/h4-18,20,31H,19,21-22H2,1-3H3,(H,39,43). The van der Waals surface area contributed by atoms with E-state index in [9.17, 15) is 18.0 Å². The van der Waals surface area contributed by atoms with Crippen molar-refractivity contribution in [3.05, 3.63) is 128 Å². The van der Waals surface area contributed by atoms with Gasteiger partial charge in [-0.25, -0.2) is 8.42 Å². The molecule has 1 atom stereocenters. The van der Waals surface area contributed by atoms with Crippen LogP contribution in [0.15, 0.2) is 102 Å². The van der Waals surface area contributed by atoms with E-state index in [2.05, 4.69) is 5.32 Å². The monoisotopic (exact) mass is 719 g/mol. The Morgan fingerprint density at radius 1 is 0.739 bits per heavy atom. The Kier molecular flexibility index (Phi) is 11.7. The molecule has 7 nitrogen and oxygen atoms in total. The van der Waals surface area contributed by atoms with Gasteiger partial charge < -0.3 is 10.2 Å². The van der Waals surface area contributed by atoms with Crippen LogP contribution in [0.25, 0.3) is 0 Å². The second kappa shape index (κ2) is 15.1. The summed E-state index contributed by atoms with van der Waals surface area (Å²) in [5.41, 5.74) is 0.908. The molecular formula is C34H33Cl4N3O4S. The molecule has 0 aliphatic heterocycles. The summed E-state index contributed by atoms with van der Waals surface area (Å²) >= 11 is 25.0. The Hall–Kier alpha value is -3.27. The number of rotatable bonds is 11. The first kappa shape index (κ1) is 35.6. The van der Waals surface area contributed by atoms with E-state index < -0.39 is 40.0 Å². The van der Waals surface area contributed by atoms with Crippen LogP contribution in [0.5, 0.6) is 0 Å². The highest BCUT2D eigenvalue weighted by Gasteiger charge is 2.35. The number of benzene rings is 4. The zero-order valence-electron chi connectivity index (χ0n) is 25.4. The Morgan fingerprint density at radius 3 is 1.87 bits per heavy atom. The topological polar surface area (TPSA) is 86.8 Å². The molecule has 0 heterocycles. The molecule has 2 amide bonds. The minimum absolute atomic E-state index is 0.0313. The van der Waals surface area contributed by atoms with Crippen molar-refractivity contribution in [1.82, 2.24) is 10.2 Å². The summed E-state index contributed by atoms with van der Waals surface area (Å²) in [6, 6.07) is 25.2. The molecular weight excluding hydrogens is 688 g/mol.